The highest BCUT2D eigenvalue weighted by Gasteiger charge is 2.21. The van der Waals surface area contributed by atoms with Crippen LogP contribution in [0.4, 0.5) is 5.69 Å². The predicted octanol–water partition coefficient (Wildman–Crippen LogP) is 4.04. The number of pyridine rings is 2. The topological polar surface area (TPSA) is 102 Å². The molecule has 4 aromatic rings. The average Bonchev–Trinajstić information content (AvgIpc) is 3.03. The molecular weight excluding hydrogens is 428 g/mol. The van der Waals surface area contributed by atoms with Crippen LogP contribution in [-0.2, 0) is 19.5 Å². The van der Waals surface area contributed by atoms with Gasteiger partial charge in [-0.3, -0.25) is 14.6 Å². The SMILES string of the molecule is Cc1cc(C(=O)Nc2cccc(C(=O)NCc3ccccn3)c2)c2nc3n(c2n1)CCCCC3. The molecule has 0 bridgehead atoms. The molecule has 4 heterocycles. The average molecular weight is 455 g/mol. The second kappa shape index (κ2) is 9.43. The summed E-state index contributed by atoms with van der Waals surface area (Å²) in [5.41, 5.74) is 4.43. The number of aromatic nitrogens is 4. The van der Waals surface area contributed by atoms with Crippen LogP contribution in [-0.4, -0.2) is 31.3 Å². The Labute approximate surface area is 197 Å². The van der Waals surface area contributed by atoms with Crippen molar-refractivity contribution in [2.75, 3.05) is 5.32 Å². The van der Waals surface area contributed by atoms with Crippen LogP contribution >= 0.6 is 0 Å². The van der Waals surface area contributed by atoms with Gasteiger partial charge in [0.1, 0.15) is 11.3 Å². The van der Waals surface area contributed by atoms with Crippen LogP contribution in [0.25, 0.3) is 11.2 Å². The van der Waals surface area contributed by atoms with Gasteiger partial charge in [0.2, 0.25) is 0 Å². The maximum atomic E-state index is 13.3. The van der Waals surface area contributed by atoms with Crippen molar-refractivity contribution >= 4 is 28.7 Å². The van der Waals surface area contributed by atoms with E-state index in [1.165, 1.54) is 6.42 Å². The molecule has 3 aromatic heterocycles. The van der Waals surface area contributed by atoms with E-state index in [4.69, 9.17) is 4.98 Å². The normalized spacial score (nSPS) is 13.2. The molecule has 0 spiro atoms. The quantitative estimate of drug-likeness (QED) is 0.474. The molecule has 0 saturated carbocycles. The zero-order valence-electron chi connectivity index (χ0n) is 19.0. The van der Waals surface area contributed by atoms with Gasteiger partial charge in [-0.2, -0.15) is 0 Å². The second-order valence-electron chi connectivity index (χ2n) is 8.51. The number of carbonyl (C=O) groups is 2. The van der Waals surface area contributed by atoms with Gasteiger partial charge in [-0.1, -0.05) is 18.6 Å². The molecular formula is C26H26N6O2. The third-order valence-corrected chi connectivity index (χ3v) is 5.98. The van der Waals surface area contributed by atoms with Gasteiger partial charge < -0.3 is 15.2 Å². The summed E-state index contributed by atoms with van der Waals surface area (Å²) in [5, 5.41) is 5.79. The van der Waals surface area contributed by atoms with Gasteiger partial charge in [0.15, 0.2) is 5.65 Å². The molecule has 2 N–H and O–H groups in total. The minimum Gasteiger partial charge on any atom is -0.346 e. The van der Waals surface area contributed by atoms with Crippen LogP contribution in [0.1, 0.15) is 57.2 Å². The molecule has 8 heteroatoms. The molecule has 0 aliphatic carbocycles. The van der Waals surface area contributed by atoms with E-state index in [2.05, 4.69) is 25.2 Å². The standard InChI is InChI=1S/C26H26N6O2/c1-17-14-21(23-24(29-17)32-13-6-2-3-11-22(32)31-23)26(34)30-19-10-7-8-18(15-19)25(33)28-16-20-9-4-5-12-27-20/h4-5,7-10,12,14-15H,2-3,6,11,13,16H2,1H3,(H,28,33)(H,30,34). The van der Waals surface area contributed by atoms with E-state index in [-0.39, 0.29) is 11.8 Å². The summed E-state index contributed by atoms with van der Waals surface area (Å²) in [6.45, 7) is 3.09. The van der Waals surface area contributed by atoms with Gasteiger partial charge in [-0.15, -0.1) is 0 Å². The summed E-state index contributed by atoms with van der Waals surface area (Å²) in [7, 11) is 0. The molecule has 1 aromatic carbocycles. The van der Waals surface area contributed by atoms with Crippen molar-refractivity contribution < 1.29 is 9.59 Å². The van der Waals surface area contributed by atoms with Crippen LogP contribution < -0.4 is 10.6 Å². The fraction of sp³-hybridized carbons (Fsp3) is 0.269. The number of benzene rings is 1. The van der Waals surface area contributed by atoms with E-state index < -0.39 is 0 Å². The summed E-state index contributed by atoms with van der Waals surface area (Å²) in [6, 6.07) is 14.2. The van der Waals surface area contributed by atoms with Crippen molar-refractivity contribution in [3.05, 3.63) is 83.1 Å². The highest BCUT2D eigenvalue weighted by atomic mass is 16.2. The molecule has 5 rings (SSSR count). The Balaban J connectivity index is 1.36. The van der Waals surface area contributed by atoms with Crippen LogP contribution in [0.2, 0.25) is 0 Å². The predicted molar refractivity (Wildman–Crippen MR) is 130 cm³/mol. The number of carbonyl (C=O) groups excluding carboxylic acids is 2. The Hall–Kier alpha value is -4.07. The molecule has 2 amide bonds. The summed E-state index contributed by atoms with van der Waals surface area (Å²) in [6.07, 6.45) is 5.94. The van der Waals surface area contributed by atoms with Crippen LogP contribution in [0.15, 0.2) is 54.7 Å². The van der Waals surface area contributed by atoms with Crippen molar-refractivity contribution in [2.24, 2.45) is 0 Å². The molecule has 172 valence electrons. The zero-order valence-corrected chi connectivity index (χ0v) is 19.0. The Morgan fingerprint density at radius 3 is 2.76 bits per heavy atom. The number of anilines is 1. The van der Waals surface area contributed by atoms with E-state index in [1.807, 2.05) is 25.1 Å². The first-order valence-electron chi connectivity index (χ1n) is 11.5. The lowest BCUT2D eigenvalue weighted by Crippen LogP contribution is -2.23. The Morgan fingerprint density at radius 2 is 1.91 bits per heavy atom. The smallest absolute Gasteiger partial charge is 0.258 e. The second-order valence-corrected chi connectivity index (χ2v) is 8.51. The van der Waals surface area contributed by atoms with Gasteiger partial charge in [-0.25, -0.2) is 9.97 Å². The van der Waals surface area contributed by atoms with Gasteiger partial charge >= 0.3 is 0 Å². The van der Waals surface area contributed by atoms with Crippen molar-refractivity contribution in [3.8, 4) is 0 Å². The number of fused-ring (bicyclic) bond motifs is 3. The number of rotatable bonds is 5. The number of imidazole rings is 1. The van der Waals surface area contributed by atoms with E-state index >= 15 is 0 Å². The van der Waals surface area contributed by atoms with E-state index in [9.17, 15) is 9.59 Å². The van der Waals surface area contributed by atoms with Crippen molar-refractivity contribution in [3.63, 3.8) is 0 Å². The maximum Gasteiger partial charge on any atom is 0.258 e. The lowest BCUT2D eigenvalue weighted by atomic mass is 10.1. The monoisotopic (exact) mass is 454 g/mol. The minimum absolute atomic E-state index is 0.235. The van der Waals surface area contributed by atoms with Crippen molar-refractivity contribution in [1.82, 2.24) is 24.8 Å². The third-order valence-electron chi connectivity index (χ3n) is 5.98. The van der Waals surface area contributed by atoms with Crippen LogP contribution in [0.3, 0.4) is 0 Å². The van der Waals surface area contributed by atoms with Crippen molar-refractivity contribution in [1.29, 1.82) is 0 Å². The third kappa shape index (κ3) is 4.52. The van der Waals surface area contributed by atoms with Gasteiger partial charge in [0, 0.05) is 36.1 Å². The molecule has 8 nitrogen and oxygen atoms in total. The van der Waals surface area contributed by atoms with Gasteiger partial charge in [-0.05, 0) is 56.2 Å². The number of nitrogens with zero attached hydrogens (tertiary/aromatic N) is 4. The fourth-order valence-electron chi connectivity index (χ4n) is 4.30. The minimum atomic E-state index is -0.269. The Morgan fingerprint density at radius 1 is 1.00 bits per heavy atom. The molecule has 0 fully saturated rings. The van der Waals surface area contributed by atoms with Gasteiger partial charge in [0.05, 0.1) is 17.8 Å². The molecule has 0 saturated heterocycles. The number of hydrogen-bond donors (Lipinski definition) is 2. The van der Waals surface area contributed by atoms with E-state index in [1.54, 1.807) is 36.5 Å². The Bertz CT molecular complexity index is 1360. The lowest BCUT2D eigenvalue weighted by molar-refractivity contribution is 0.0949. The maximum absolute atomic E-state index is 13.3. The largest absolute Gasteiger partial charge is 0.346 e. The number of amides is 2. The van der Waals surface area contributed by atoms with E-state index in [0.29, 0.717) is 28.9 Å². The number of aryl methyl sites for hydroxylation is 3. The summed E-state index contributed by atoms with van der Waals surface area (Å²) in [5.74, 6) is 0.489. The first kappa shape index (κ1) is 21.8. The lowest BCUT2D eigenvalue weighted by Gasteiger charge is -2.10. The number of nitrogens with one attached hydrogen (secondary N) is 2. The highest BCUT2D eigenvalue weighted by molar-refractivity contribution is 6.11. The highest BCUT2D eigenvalue weighted by Crippen LogP contribution is 2.25. The fourth-order valence-corrected chi connectivity index (χ4v) is 4.30. The molecule has 0 atom stereocenters. The molecule has 1 aliphatic rings. The molecule has 0 unspecified atom stereocenters. The summed E-state index contributed by atoms with van der Waals surface area (Å²) >= 11 is 0. The van der Waals surface area contributed by atoms with Crippen LogP contribution in [0.5, 0.6) is 0 Å². The first-order chi connectivity index (χ1) is 16.6. The zero-order chi connectivity index (χ0) is 23.5. The molecule has 34 heavy (non-hydrogen) atoms. The van der Waals surface area contributed by atoms with Gasteiger partial charge in [0.25, 0.3) is 11.8 Å². The number of hydrogen-bond acceptors (Lipinski definition) is 5. The molecule has 1 aliphatic heterocycles. The summed E-state index contributed by atoms with van der Waals surface area (Å²) in [4.78, 5) is 39.6. The first-order valence-corrected chi connectivity index (χ1v) is 11.5. The van der Waals surface area contributed by atoms with Crippen LogP contribution in [0, 0.1) is 6.92 Å². The Kier molecular flexibility index (Phi) is 6.03. The van der Waals surface area contributed by atoms with E-state index in [0.717, 1.165) is 48.7 Å². The van der Waals surface area contributed by atoms with Crippen molar-refractivity contribution in [2.45, 2.75) is 45.7 Å². The molecule has 0 radical (unpaired) electrons. The summed E-state index contributed by atoms with van der Waals surface area (Å²) < 4.78 is 2.15.